The molecule has 0 saturated carbocycles. The van der Waals surface area contributed by atoms with Crippen LogP contribution in [0.15, 0.2) is 30.3 Å². The van der Waals surface area contributed by atoms with E-state index < -0.39 is 55.3 Å². The van der Waals surface area contributed by atoms with Gasteiger partial charge in [0.1, 0.15) is 48.4 Å². The zero-order valence-electron chi connectivity index (χ0n) is 22.4. The fourth-order valence-corrected chi connectivity index (χ4v) is 5.24. The van der Waals surface area contributed by atoms with Crippen LogP contribution in [0.5, 0.6) is 28.7 Å². The minimum atomic E-state index is -1.74. The summed E-state index contributed by atoms with van der Waals surface area (Å²) in [6, 6.07) is 8.68. The summed E-state index contributed by atoms with van der Waals surface area (Å²) in [5.74, 6) is -0.280. The molecule has 2 aromatic carbocycles. The molecule has 2 aromatic rings. The van der Waals surface area contributed by atoms with Crippen molar-refractivity contribution >= 4 is 11.9 Å². The Labute approximate surface area is 234 Å². The predicted octanol–water partition coefficient (Wildman–Crippen LogP) is 0.0633. The molecule has 5 rings (SSSR count). The van der Waals surface area contributed by atoms with Crippen molar-refractivity contribution < 1.29 is 63.2 Å². The summed E-state index contributed by atoms with van der Waals surface area (Å²) in [5.41, 5.74) is 1.68. The number of carbonyl (C=O) groups excluding carboxylic acids is 1. The third kappa shape index (κ3) is 5.31. The fraction of sp³-hybridized carbons (Fsp3) is 0.481. The van der Waals surface area contributed by atoms with Crippen molar-refractivity contribution in [2.24, 2.45) is 0 Å². The van der Waals surface area contributed by atoms with Crippen LogP contribution < -0.4 is 29.0 Å². The summed E-state index contributed by atoms with van der Waals surface area (Å²) >= 11 is 0. The number of aliphatic hydroxyl groups is 3. The van der Waals surface area contributed by atoms with Gasteiger partial charge in [-0.25, -0.2) is 0 Å². The number of aliphatic hydroxyl groups excluding tert-OH is 3. The van der Waals surface area contributed by atoms with E-state index in [0.29, 0.717) is 29.6 Å². The minimum absolute atomic E-state index is 0.0905. The largest absolute Gasteiger partial charge is 0.493 e. The zero-order chi connectivity index (χ0) is 29.4. The molecule has 14 heteroatoms. The number of ether oxygens (including phenoxy) is 7. The van der Waals surface area contributed by atoms with Crippen LogP contribution in [0.3, 0.4) is 0 Å². The van der Waals surface area contributed by atoms with Crippen LogP contribution >= 0.6 is 0 Å². The summed E-state index contributed by atoms with van der Waals surface area (Å²) in [4.78, 5) is 22.7. The number of fused-ring (bicyclic) bond motifs is 5. The average molecular weight is 578 g/mol. The molecule has 3 heterocycles. The Kier molecular flexibility index (Phi) is 8.11. The smallest absolute Gasteiger partial charge is 0.318 e. The quantitative estimate of drug-likeness (QED) is 0.153. The first-order valence-corrected chi connectivity index (χ1v) is 12.8. The Morgan fingerprint density at radius 1 is 1.05 bits per heavy atom. The van der Waals surface area contributed by atoms with Crippen LogP contribution in [0, 0.1) is 0 Å². The van der Waals surface area contributed by atoms with E-state index >= 15 is 0 Å². The van der Waals surface area contributed by atoms with E-state index in [1.54, 1.807) is 32.4 Å². The van der Waals surface area contributed by atoms with Gasteiger partial charge in [-0.05, 0) is 25.2 Å². The summed E-state index contributed by atoms with van der Waals surface area (Å²) in [6.45, 7) is 0.310. The van der Waals surface area contributed by atoms with E-state index in [9.17, 15) is 24.9 Å². The van der Waals surface area contributed by atoms with Crippen LogP contribution in [-0.2, 0) is 19.1 Å². The molecule has 41 heavy (non-hydrogen) atoms. The lowest BCUT2D eigenvalue weighted by Crippen LogP contribution is -2.64. The maximum absolute atomic E-state index is 11.9. The number of carboxylic acid groups (broad SMARTS) is 1. The third-order valence-corrected chi connectivity index (χ3v) is 7.25. The first kappa shape index (κ1) is 28.7. The monoisotopic (exact) mass is 577 g/mol. The number of likely N-dealkylation sites (N-methyl/N-ethyl adjacent to an activating group) is 1. The maximum Gasteiger partial charge on any atom is 0.318 e. The Hall–Kier alpha value is -3.82. The van der Waals surface area contributed by atoms with Crippen LogP contribution in [0.2, 0.25) is 0 Å². The van der Waals surface area contributed by atoms with E-state index in [-0.39, 0.29) is 17.8 Å². The Balaban J connectivity index is 1.33. The number of benzene rings is 2. The highest BCUT2D eigenvalue weighted by atomic mass is 16.7. The average Bonchev–Trinajstić information content (AvgIpc) is 3.34. The molecule has 1 saturated heterocycles. The topological polar surface area (TPSA) is 192 Å². The Bertz CT molecular complexity index is 1300. The molecule has 1 fully saturated rings. The number of hydrogen-bond donors (Lipinski definition) is 5. The molecule has 5 N–H and O–H groups in total. The van der Waals surface area contributed by atoms with Crippen molar-refractivity contribution in [2.45, 2.75) is 55.4 Å². The minimum Gasteiger partial charge on any atom is -0.493 e. The summed E-state index contributed by atoms with van der Waals surface area (Å²) in [6.07, 6.45) is -10.6. The lowest BCUT2D eigenvalue weighted by atomic mass is 9.89. The normalized spacial score (nSPS) is 28.6. The van der Waals surface area contributed by atoms with Gasteiger partial charge in [0.25, 0.3) is 0 Å². The highest BCUT2D eigenvalue weighted by Crippen LogP contribution is 2.56. The Morgan fingerprint density at radius 2 is 1.80 bits per heavy atom. The number of aliphatic carboxylic acids is 1. The molecule has 0 aliphatic carbocycles. The molecule has 0 unspecified atom stereocenters. The van der Waals surface area contributed by atoms with Crippen LogP contribution in [-0.4, -0.2) is 97.2 Å². The number of carbonyl (C=O) groups is 2. The van der Waals surface area contributed by atoms with Crippen molar-refractivity contribution in [1.82, 2.24) is 5.32 Å². The van der Waals surface area contributed by atoms with Crippen molar-refractivity contribution in [2.75, 3.05) is 27.9 Å². The van der Waals surface area contributed by atoms with Crippen molar-refractivity contribution in [3.8, 4) is 28.7 Å². The number of hydrogen-bond acceptors (Lipinski definition) is 13. The molecule has 3 aliphatic rings. The van der Waals surface area contributed by atoms with Crippen LogP contribution in [0.25, 0.3) is 0 Å². The number of carboxylic acids is 1. The molecule has 3 aliphatic heterocycles. The standard InChI is InChI=1S/C27H31NO13/c1-28-26(39-18(31)9-17(29)30)25-20(33)19(32)21(34)27(41-25)38-11-4-5-13-16(8-11)37-10-14-12-6-7-15(35-2)24(36-3)23(12)40-22(13)14/h4-8,14,19-22,25-28,32-34H,9-10H2,1-3H3,(H,29,30)/t14-,19-,20-,21+,22-,25-,26+,27+/m0/s1. The van der Waals surface area contributed by atoms with Gasteiger partial charge in [0.2, 0.25) is 12.0 Å². The van der Waals surface area contributed by atoms with Gasteiger partial charge in [0.15, 0.2) is 17.7 Å². The zero-order valence-corrected chi connectivity index (χ0v) is 22.4. The van der Waals surface area contributed by atoms with Crippen LogP contribution in [0.1, 0.15) is 29.6 Å². The van der Waals surface area contributed by atoms with E-state index in [1.165, 1.54) is 7.05 Å². The van der Waals surface area contributed by atoms with Gasteiger partial charge in [-0.2, -0.15) is 0 Å². The lowest BCUT2D eigenvalue weighted by molar-refractivity contribution is -0.291. The SMILES string of the molecule is CN[C@H](OC(=O)CC(=O)O)[C@H]1O[C@@H](Oc2ccc3c(c2)OC[C@H]2c4ccc(OC)c(OC)c4O[C@@H]32)[C@H](O)[C@@H](O)[C@@H]1O. The molecular weight excluding hydrogens is 546 g/mol. The van der Waals surface area contributed by atoms with E-state index in [2.05, 4.69) is 5.32 Å². The van der Waals surface area contributed by atoms with Gasteiger partial charge in [-0.1, -0.05) is 6.07 Å². The first-order valence-electron chi connectivity index (χ1n) is 12.8. The lowest BCUT2D eigenvalue weighted by Gasteiger charge is -2.42. The maximum atomic E-state index is 11.9. The number of methoxy groups -OCH3 is 2. The number of nitrogens with one attached hydrogen (secondary N) is 1. The second kappa shape index (κ2) is 11.6. The second-order valence-corrected chi connectivity index (χ2v) is 9.70. The fourth-order valence-electron chi connectivity index (χ4n) is 5.24. The van der Waals surface area contributed by atoms with E-state index in [0.717, 1.165) is 11.1 Å². The van der Waals surface area contributed by atoms with E-state index in [1.807, 2.05) is 12.1 Å². The molecule has 0 amide bonds. The van der Waals surface area contributed by atoms with Crippen molar-refractivity contribution in [3.63, 3.8) is 0 Å². The molecule has 0 bridgehead atoms. The molecule has 0 aromatic heterocycles. The second-order valence-electron chi connectivity index (χ2n) is 9.70. The molecule has 0 radical (unpaired) electrons. The van der Waals surface area contributed by atoms with Gasteiger partial charge in [-0.3, -0.25) is 14.9 Å². The van der Waals surface area contributed by atoms with Crippen molar-refractivity contribution in [3.05, 3.63) is 41.5 Å². The van der Waals surface area contributed by atoms with Gasteiger partial charge in [-0.15, -0.1) is 0 Å². The highest BCUT2D eigenvalue weighted by Gasteiger charge is 2.49. The third-order valence-electron chi connectivity index (χ3n) is 7.25. The van der Waals surface area contributed by atoms with E-state index in [4.69, 9.17) is 38.3 Å². The first-order chi connectivity index (χ1) is 19.7. The van der Waals surface area contributed by atoms with Crippen LogP contribution in [0.4, 0.5) is 0 Å². The van der Waals surface area contributed by atoms with Crippen molar-refractivity contribution in [1.29, 1.82) is 0 Å². The molecule has 8 atom stereocenters. The molecular formula is C27H31NO13. The summed E-state index contributed by atoms with van der Waals surface area (Å²) < 4.78 is 39.8. The van der Waals surface area contributed by atoms with Gasteiger partial charge < -0.3 is 53.6 Å². The molecule has 14 nitrogen and oxygen atoms in total. The summed E-state index contributed by atoms with van der Waals surface area (Å²) in [5, 5.41) is 42.9. The molecule has 0 spiro atoms. The van der Waals surface area contributed by atoms with Gasteiger partial charge in [0.05, 0.1) is 26.7 Å². The predicted molar refractivity (Wildman–Crippen MR) is 136 cm³/mol. The Morgan fingerprint density at radius 3 is 2.49 bits per heavy atom. The highest BCUT2D eigenvalue weighted by molar-refractivity contribution is 5.90. The number of esters is 1. The summed E-state index contributed by atoms with van der Waals surface area (Å²) in [7, 11) is 4.47. The molecule has 222 valence electrons. The number of rotatable bonds is 9. The van der Waals surface area contributed by atoms with Gasteiger partial charge in [0, 0.05) is 17.2 Å². The van der Waals surface area contributed by atoms with Gasteiger partial charge >= 0.3 is 11.9 Å².